The fraction of sp³-hybridized carbons (Fsp3) is 0.375. The second kappa shape index (κ2) is 6.02. The van der Waals surface area contributed by atoms with Crippen molar-refractivity contribution in [3.8, 4) is 0 Å². The highest BCUT2D eigenvalue weighted by Gasteiger charge is 2.20. The van der Waals surface area contributed by atoms with Crippen molar-refractivity contribution in [2.24, 2.45) is 0 Å². The van der Waals surface area contributed by atoms with Gasteiger partial charge in [0.2, 0.25) is 0 Å². The van der Waals surface area contributed by atoms with E-state index in [-0.39, 0.29) is 0 Å². The smallest absolute Gasteiger partial charge is 0.133 e. The van der Waals surface area contributed by atoms with Crippen LogP contribution in [0.2, 0.25) is 0 Å². The molecule has 104 valence electrons. The van der Waals surface area contributed by atoms with Crippen molar-refractivity contribution in [3.63, 3.8) is 0 Å². The van der Waals surface area contributed by atoms with Crippen LogP contribution in [0, 0.1) is 6.92 Å². The highest BCUT2D eigenvalue weighted by atomic mass is 79.9. The molecule has 0 unspecified atom stereocenters. The van der Waals surface area contributed by atoms with Gasteiger partial charge in [-0.1, -0.05) is 34.1 Å². The Labute approximate surface area is 128 Å². The lowest BCUT2D eigenvalue weighted by Gasteiger charge is -2.08. The molecule has 0 atom stereocenters. The lowest BCUT2D eigenvalue weighted by atomic mass is 10.1. The molecule has 4 heteroatoms. The van der Waals surface area contributed by atoms with Crippen LogP contribution in [-0.4, -0.2) is 16.0 Å². The third-order valence-electron chi connectivity index (χ3n) is 3.41. The Hall–Kier alpha value is -1.26. The van der Waals surface area contributed by atoms with Gasteiger partial charge in [-0.2, -0.15) is 0 Å². The maximum Gasteiger partial charge on any atom is 0.133 e. The molecule has 0 radical (unpaired) electrons. The molecule has 2 aromatic rings. The Morgan fingerprint density at radius 1 is 1.25 bits per heavy atom. The first kappa shape index (κ1) is 13.7. The molecule has 3 rings (SSSR count). The molecule has 1 saturated carbocycles. The summed E-state index contributed by atoms with van der Waals surface area (Å²) in [6.07, 6.45) is 3.36. The van der Waals surface area contributed by atoms with Gasteiger partial charge in [-0.15, -0.1) is 0 Å². The molecule has 0 spiro atoms. The standard InChI is InChI=1S/C16H18BrN3/c1-11-8-14(10-18-13-6-7-13)20-16(19-11)9-12-4-2-3-5-15(12)17/h2-5,8,13,18H,6-7,9-10H2,1H3. The van der Waals surface area contributed by atoms with Crippen molar-refractivity contribution >= 4 is 15.9 Å². The summed E-state index contributed by atoms with van der Waals surface area (Å²) < 4.78 is 1.11. The van der Waals surface area contributed by atoms with E-state index in [9.17, 15) is 0 Å². The Balaban J connectivity index is 1.76. The van der Waals surface area contributed by atoms with E-state index in [1.807, 2.05) is 19.1 Å². The van der Waals surface area contributed by atoms with Crippen LogP contribution in [0.15, 0.2) is 34.8 Å². The Kier molecular flexibility index (Phi) is 4.13. The van der Waals surface area contributed by atoms with Gasteiger partial charge in [-0.3, -0.25) is 0 Å². The van der Waals surface area contributed by atoms with Crippen LogP contribution in [0.3, 0.4) is 0 Å². The van der Waals surface area contributed by atoms with Crippen molar-refractivity contribution in [1.82, 2.24) is 15.3 Å². The van der Waals surface area contributed by atoms with E-state index >= 15 is 0 Å². The van der Waals surface area contributed by atoms with Gasteiger partial charge in [0, 0.05) is 29.2 Å². The molecule has 1 aliphatic rings. The topological polar surface area (TPSA) is 37.8 Å². The quantitative estimate of drug-likeness (QED) is 0.912. The molecule has 20 heavy (non-hydrogen) atoms. The van der Waals surface area contributed by atoms with Crippen molar-refractivity contribution in [2.75, 3.05) is 0 Å². The van der Waals surface area contributed by atoms with Gasteiger partial charge in [0.05, 0.1) is 5.69 Å². The zero-order valence-corrected chi connectivity index (χ0v) is 13.2. The molecule has 0 bridgehead atoms. The first-order chi connectivity index (χ1) is 9.70. The zero-order valence-electron chi connectivity index (χ0n) is 11.6. The average Bonchev–Trinajstić information content (AvgIpc) is 3.23. The van der Waals surface area contributed by atoms with E-state index in [1.165, 1.54) is 18.4 Å². The van der Waals surface area contributed by atoms with Crippen LogP contribution in [-0.2, 0) is 13.0 Å². The second-order valence-electron chi connectivity index (χ2n) is 5.34. The molecule has 1 aromatic heterocycles. The summed E-state index contributed by atoms with van der Waals surface area (Å²) in [5.41, 5.74) is 3.35. The van der Waals surface area contributed by atoms with E-state index < -0.39 is 0 Å². The SMILES string of the molecule is Cc1cc(CNC2CC2)nc(Cc2ccccc2Br)n1. The molecule has 1 fully saturated rings. The van der Waals surface area contributed by atoms with E-state index in [2.05, 4.69) is 49.4 Å². The Morgan fingerprint density at radius 3 is 2.80 bits per heavy atom. The minimum Gasteiger partial charge on any atom is -0.308 e. The second-order valence-corrected chi connectivity index (χ2v) is 6.19. The first-order valence-electron chi connectivity index (χ1n) is 7.01. The summed E-state index contributed by atoms with van der Waals surface area (Å²) in [4.78, 5) is 9.23. The van der Waals surface area contributed by atoms with Crippen molar-refractivity contribution < 1.29 is 0 Å². The number of nitrogens with one attached hydrogen (secondary N) is 1. The van der Waals surface area contributed by atoms with E-state index in [1.54, 1.807) is 0 Å². The number of aryl methyl sites for hydroxylation is 1. The predicted octanol–water partition coefficient (Wildman–Crippen LogP) is 3.39. The summed E-state index contributed by atoms with van der Waals surface area (Å²) in [6.45, 7) is 2.88. The lowest BCUT2D eigenvalue weighted by molar-refractivity contribution is 0.667. The van der Waals surface area contributed by atoms with Gasteiger partial charge in [0.1, 0.15) is 5.82 Å². The van der Waals surface area contributed by atoms with Crippen LogP contribution in [0.1, 0.15) is 35.6 Å². The number of aromatic nitrogens is 2. The maximum absolute atomic E-state index is 4.68. The number of benzene rings is 1. The molecule has 0 aliphatic heterocycles. The number of nitrogens with zero attached hydrogens (tertiary/aromatic N) is 2. The summed E-state index contributed by atoms with van der Waals surface area (Å²) in [5.74, 6) is 0.893. The number of halogens is 1. The minimum absolute atomic E-state index is 0.706. The number of hydrogen-bond donors (Lipinski definition) is 1. The van der Waals surface area contributed by atoms with Crippen LogP contribution in [0.5, 0.6) is 0 Å². The van der Waals surface area contributed by atoms with Gasteiger partial charge >= 0.3 is 0 Å². The third kappa shape index (κ3) is 3.64. The highest BCUT2D eigenvalue weighted by Crippen LogP contribution is 2.20. The van der Waals surface area contributed by atoms with E-state index in [0.29, 0.717) is 6.04 Å². The van der Waals surface area contributed by atoms with E-state index in [4.69, 9.17) is 0 Å². The maximum atomic E-state index is 4.68. The summed E-state index contributed by atoms with van der Waals surface area (Å²) >= 11 is 3.58. The van der Waals surface area contributed by atoms with Crippen molar-refractivity contribution in [3.05, 3.63) is 57.6 Å². The van der Waals surface area contributed by atoms with Crippen molar-refractivity contribution in [1.29, 1.82) is 0 Å². The fourth-order valence-corrected chi connectivity index (χ4v) is 2.64. The summed E-state index contributed by atoms with van der Waals surface area (Å²) in [6, 6.07) is 11.0. The van der Waals surface area contributed by atoms with Gasteiger partial charge in [-0.25, -0.2) is 9.97 Å². The molecule has 1 aliphatic carbocycles. The molecular weight excluding hydrogens is 314 g/mol. The normalized spacial score (nSPS) is 14.5. The van der Waals surface area contributed by atoms with Crippen LogP contribution in [0.4, 0.5) is 0 Å². The van der Waals surface area contributed by atoms with Crippen LogP contribution in [0.25, 0.3) is 0 Å². The number of rotatable bonds is 5. The predicted molar refractivity (Wildman–Crippen MR) is 83.6 cm³/mol. The Morgan fingerprint density at radius 2 is 2.05 bits per heavy atom. The third-order valence-corrected chi connectivity index (χ3v) is 4.18. The molecule has 1 aromatic carbocycles. The average molecular weight is 332 g/mol. The molecular formula is C16H18BrN3. The lowest BCUT2D eigenvalue weighted by Crippen LogP contribution is -2.17. The van der Waals surface area contributed by atoms with Gasteiger partial charge in [0.15, 0.2) is 0 Å². The van der Waals surface area contributed by atoms with Crippen LogP contribution < -0.4 is 5.32 Å². The molecule has 3 nitrogen and oxygen atoms in total. The Bertz CT molecular complexity index is 608. The summed E-state index contributed by atoms with van der Waals surface area (Å²) in [7, 11) is 0. The van der Waals surface area contributed by atoms with Gasteiger partial charge < -0.3 is 5.32 Å². The highest BCUT2D eigenvalue weighted by molar-refractivity contribution is 9.10. The molecule has 0 saturated heterocycles. The van der Waals surface area contributed by atoms with Gasteiger partial charge in [0.25, 0.3) is 0 Å². The molecule has 0 amide bonds. The number of hydrogen-bond acceptors (Lipinski definition) is 3. The van der Waals surface area contributed by atoms with E-state index in [0.717, 1.165) is 34.7 Å². The first-order valence-corrected chi connectivity index (χ1v) is 7.80. The zero-order chi connectivity index (χ0) is 13.9. The molecule has 1 N–H and O–H groups in total. The van der Waals surface area contributed by atoms with Gasteiger partial charge in [-0.05, 0) is 37.5 Å². The largest absolute Gasteiger partial charge is 0.308 e. The monoisotopic (exact) mass is 331 g/mol. The molecule has 1 heterocycles. The summed E-state index contributed by atoms with van der Waals surface area (Å²) in [5, 5.41) is 3.50. The van der Waals surface area contributed by atoms with Crippen molar-refractivity contribution in [2.45, 2.75) is 38.8 Å². The van der Waals surface area contributed by atoms with Crippen LogP contribution >= 0.6 is 15.9 Å². The fourth-order valence-electron chi connectivity index (χ4n) is 2.22. The minimum atomic E-state index is 0.706.